The van der Waals surface area contributed by atoms with Crippen molar-refractivity contribution in [1.29, 1.82) is 0 Å². The summed E-state index contributed by atoms with van der Waals surface area (Å²) < 4.78 is 0. The second-order valence-electron chi connectivity index (χ2n) is 2.42. The van der Waals surface area contributed by atoms with E-state index in [0.717, 1.165) is 13.0 Å². The minimum atomic E-state index is -0.0834. The van der Waals surface area contributed by atoms with E-state index >= 15 is 0 Å². The van der Waals surface area contributed by atoms with Gasteiger partial charge in [0.25, 0.3) is 5.91 Å². The maximum atomic E-state index is 10.8. The lowest BCUT2D eigenvalue weighted by molar-refractivity contribution is -0.119. The molecule has 1 amide bonds. The third-order valence-electron chi connectivity index (χ3n) is 1.58. The van der Waals surface area contributed by atoms with E-state index in [1.165, 1.54) is 0 Å². The Labute approximate surface area is 60.7 Å². The molecule has 3 nitrogen and oxygen atoms in total. The molecule has 1 heterocycles. The number of carbonyl (C=O) groups excluding carboxylic acids is 1. The highest BCUT2D eigenvalue weighted by Crippen LogP contribution is 2.05. The predicted octanol–water partition coefficient (Wildman–Crippen LogP) is 0.532. The Bertz CT molecular complexity index is 165. The number of rotatable bonds is 2. The molecule has 0 aromatic heterocycles. The second-order valence-corrected chi connectivity index (χ2v) is 2.42. The summed E-state index contributed by atoms with van der Waals surface area (Å²) in [5, 5.41) is 0. The first-order valence-electron chi connectivity index (χ1n) is 3.52. The molecule has 0 N–H and O–H groups in total. The molecule has 1 atom stereocenters. The Hall–Kier alpha value is -0.860. The molecular weight excluding hydrogens is 128 g/mol. The smallest absolute Gasteiger partial charge is 0.270 e. The van der Waals surface area contributed by atoms with Crippen LogP contribution in [0.1, 0.15) is 20.3 Å². The Morgan fingerprint density at radius 1 is 1.80 bits per heavy atom. The third-order valence-corrected chi connectivity index (χ3v) is 1.58. The topological polar surface area (TPSA) is 32.7 Å². The molecule has 0 aromatic rings. The number of hydrogen-bond donors (Lipinski definition) is 0. The van der Waals surface area contributed by atoms with Gasteiger partial charge in [-0.1, -0.05) is 6.92 Å². The number of carbonyl (C=O) groups is 1. The number of hydrogen-bond acceptors (Lipinski definition) is 2. The average Bonchev–Trinajstić information content (AvgIpc) is 2.20. The minimum absolute atomic E-state index is 0.0755. The van der Waals surface area contributed by atoms with Crippen LogP contribution >= 0.6 is 0 Å². The van der Waals surface area contributed by atoms with Gasteiger partial charge in [0.15, 0.2) is 6.34 Å². The summed E-state index contributed by atoms with van der Waals surface area (Å²) in [6, 6.07) is -0.0834. The van der Waals surface area contributed by atoms with Crippen LogP contribution in [0.25, 0.3) is 0 Å². The number of amides is 1. The molecule has 1 aliphatic heterocycles. The zero-order valence-corrected chi connectivity index (χ0v) is 6.29. The highest BCUT2D eigenvalue weighted by Gasteiger charge is 2.23. The molecule has 0 aliphatic carbocycles. The summed E-state index contributed by atoms with van der Waals surface area (Å²) in [5.74, 6) is -0.0755. The summed E-state index contributed by atoms with van der Waals surface area (Å²) in [4.78, 5) is 16.2. The maximum Gasteiger partial charge on any atom is 0.270 e. The van der Waals surface area contributed by atoms with Crippen LogP contribution in [-0.4, -0.2) is 29.7 Å². The standard InChI is InChI=1S/C7H11N2O/c1-3-4-9-5-8-7(10)6(9)2/h6H,3-4H2,1-2H3. The van der Waals surface area contributed by atoms with Crippen molar-refractivity contribution < 1.29 is 4.79 Å². The zero-order valence-electron chi connectivity index (χ0n) is 6.29. The Morgan fingerprint density at radius 2 is 2.50 bits per heavy atom. The van der Waals surface area contributed by atoms with E-state index in [0.29, 0.717) is 0 Å². The Balaban J connectivity index is 2.49. The molecule has 0 fully saturated rings. The fourth-order valence-electron chi connectivity index (χ4n) is 0.911. The second kappa shape index (κ2) is 2.82. The van der Waals surface area contributed by atoms with E-state index in [-0.39, 0.29) is 11.9 Å². The van der Waals surface area contributed by atoms with Gasteiger partial charge in [0.2, 0.25) is 0 Å². The summed E-state index contributed by atoms with van der Waals surface area (Å²) in [7, 11) is 0. The molecule has 0 aromatic carbocycles. The average molecular weight is 139 g/mol. The SMILES string of the molecule is CCCN1[C]=NC(=O)C1C. The monoisotopic (exact) mass is 139 g/mol. The van der Waals surface area contributed by atoms with Gasteiger partial charge >= 0.3 is 0 Å². The van der Waals surface area contributed by atoms with E-state index in [1.54, 1.807) is 0 Å². The van der Waals surface area contributed by atoms with Crippen LogP contribution in [0.4, 0.5) is 0 Å². The molecular formula is C7H11N2O. The van der Waals surface area contributed by atoms with Crippen LogP contribution in [0, 0.1) is 0 Å². The Kier molecular flexibility index (Phi) is 2.04. The van der Waals surface area contributed by atoms with Crippen LogP contribution in [0.15, 0.2) is 4.99 Å². The highest BCUT2D eigenvalue weighted by molar-refractivity contribution is 5.94. The highest BCUT2D eigenvalue weighted by atomic mass is 16.2. The lowest BCUT2D eigenvalue weighted by Crippen LogP contribution is -2.31. The largest absolute Gasteiger partial charge is 0.342 e. The van der Waals surface area contributed by atoms with Crippen LogP contribution in [0.3, 0.4) is 0 Å². The van der Waals surface area contributed by atoms with Crippen molar-refractivity contribution in [2.75, 3.05) is 6.54 Å². The lowest BCUT2D eigenvalue weighted by Gasteiger charge is -2.16. The van der Waals surface area contributed by atoms with Crippen molar-refractivity contribution >= 4 is 12.2 Å². The van der Waals surface area contributed by atoms with Crippen molar-refractivity contribution in [3.63, 3.8) is 0 Å². The van der Waals surface area contributed by atoms with Gasteiger partial charge in [-0.25, -0.2) is 0 Å². The van der Waals surface area contributed by atoms with Crippen LogP contribution in [0.5, 0.6) is 0 Å². The van der Waals surface area contributed by atoms with Gasteiger partial charge in [0.05, 0.1) is 0 Å². The molecule has 3 heteroatoms. The van der Waals surface area contributed by atoms with Crippen molar-refractivity contribution in [3.8, 4) is 0 Å². The summed E-state index contributed by atoms with van der Waals surface area (Å²) in [6.07, 6.45) is 3.69. The van der Waals surface area contributed by atoms with Gasteiger partial charge < -0.3 is 4.90 Å². The summed E-state index contributed by atoms with van der Waals surface area (Å²) in [5.41, 5.74) is 0. The summed E-state index contributed by atoms with van der Waals surface area (Å²) >= 11 is 0. The van der Waals surface area contributed by atoms with Crippen molar-refractivity contribution in [3.05, 3.63) is 0 Å². The van der Waals surface area contributed by atoms with Crippen molar-refractivity contribution in [1.82, 2.24) is 4.90 Å². The molecule has 0 spiro atoms. The summed E-state index contributed by atoms with van der Waals surface area (Å²) in [6.45, 7) is 4.79. The molecule has 1 radical (unpaired) electrons. The fraction of sp³-hybridized carbons (Fsp3) is 0.714. The maximum absolute atomic E-state index is 10.8. The lowest BCUT2D eigenvalue weighted by atomic mass is 10.3. The molecule has 1 unspecified atom stereocenters. The van der Waals surface area contributed by atoms with Crippen LogP contribution in [-0.2, 0) is 4.79 Å². The molecule has 0 saturated carbocycles. The van der Waals surface area contributed by atoms with Gasteiger partial charge in [-0.15, -0.1) is 0 Å². The van der Waals surface area contributed by atoms with Crippen LogP contribution in [0.2, 0.25) is 0 Å². The molecule has 1 rings (SSSR count). The van der Waals surface area contributed by atoms with E-state index in [1.807, 2.05) is 11.8 Å². The first-order valence-corrected chi connectivity index (χ1v) is 3.52. The molecule has 0 saturated heterocycles. The normalized spacial score (nSPS) is 24.4. The zero-order chi connectivity index (χ0) is 7.56. The first kappa shape index (κ1) is 7.25. The van der Waals surface area contributed by atoms with Crippen LogP contribution < -0.4 is 0 Å². The molecule has 10 heavy (non-hydrogen) atoms. The Morgan fingerprint density at radius 3 is 2.90 bits per heavy atom. The van der Waals surface area contributed by atoms with Crippen molar-refractivity contribution in [2.24, 2.45) is 4.99 Å². The van der Waals surface area contributed by atoms with Gasteiger partial charge in [-0.3, -0.25) is 4.79 Å². The predicted molar refractivity (Wildman–Crippen MR) is 38.9 cm³/mol. The van der Waals surface area contributed by atoms with E-state index in [9.17, 15) is 4.79 Å². The van der Waals surface area contributed by atoms with E-state index in [2.05, 4.69) is 18.3 Å². The quantitative estimate of drug-likeness (QED) is 0.559. The van der Waals surface area contributed by atoms with Gasteiger partial charge in [-0.2, -0.15) is 4.99 Å². The van der Waals surface area contributed by atoms with Gasteiger partial charge in [0.1, 0.15) is 6.04 Å². The minimum Gasteiger partial charge on any atom is -0.342 e. The molecule has 1 aliphatic rings. The molecule has 55 valence electrons. The van der Waals surface area contributed by atoms with E-state index < -0.39 is 0 Å². The van der Waals surface area contributed by atoms with Gasteiger partial charge in [0, 0.05) is 6.54 Å². The van der Waals surface area contributed by atoms with Gasteiger partial charge in [-0.05, 0) is 13.3 Å². The van der Waals surface area contributed by atoms with E-state index in [4.69, 9.17) is 0 Å². The fourth-order valence-corrected chi connectivity index (χ4v) is 0.911. The third kappa shape index (κ3) is 1.17. The number of nitrogens with zero attached hydrogens (tertiary/aromatic N) is 2. The first-order chi connectivity index (χ1) is 4.75. The van der Waals surface area contributed by atoms with Crippen molar-refractivity contribution in [2.45, 2.75) is 26.3 Å². The molecule has 0 bridgehead atoms. The number of aliphatic imine (C=N–C) groups is 1.